The van der Waals surface area contributed by atoms with Crippen LogP contribution in [0.3, 0.4) is 0 Å². The molecule has 0 aliphatic carbocycles. The number of methoxy groups -OCH3 is 1. The maximum atomic E-state index is 11.6. The molecule has 1 unspecified atom stereocenters. The summed E-state index contributed by atoms with van der Waals surface area (Å²) < 4.78 is 11.1. The third kappa shape index (κ3) is 4.17. The van der Waals surface area contributed by atoms with E-state index in [1.165, 1.54) is 0 Å². The maximum Gasteiger partial charge on any atom is 0.338 e. The van der Waals surface area contributed by atoms with Crippen LogP contribution in [-0.2, 0) is 9.47 Å². The van der Waals surface area contributed by atoms with E-state index in [1.54, 1.807) is 26.2 Å². The molecule has 0 amide bonds. The lowest BCUT2D eigenvalue weighted by Crippen LogP contribution is -2.19. The Kier molecular flexibility index (Phi) is 5.04. The first-order valence-electron chi connectivity index (χ1n) is 4.59. The highest BCUT2D eigenvalue weighted by Crippen LogP contribution is 2.09. The van der Waals surface area contributed by atoms with Gasteiger partial charge in [-0.2, -0.15) is 0 Å². The normalized spacial score (nSPS) is 12.2. The van der Waals surface area contributed by atoms with E-state index < -0.39 is 0 Å². The van der Waals surface area contributed by atoms with E-state index in [0.29, 0.717) is 12.2 Å². The van der Waals surface area contributed by atoms with Crippen LogP contribution in [0.1, 0.15) is 17.3 Å². The van der Waals surface area contributed by atoms with Gasteiger partial charge >= 0.3 is 5.97 Å². The van der Waals surface area contributed by atoms with Gasteiger partial charge in [-0.15, -0.1) is 0 Å². The predicted molar refractivity (Wildman–Crippen MR) is 65.9 cm³/mol. The smallest absolute Gasteiger partial charge is 0.338 e. The van der Waals surface area contributed by atoms with E-state index >= 15 is 0 Å². The van der Waals surface area contributed by atoms with Crippen LogP contribution in [0.4, 0.5) is 0 Å². The van der Waals surface area contributed by atoms with E-state index in [2.05, 4.69) is 22.6 Å². The van der Waals surface area contributed by atoms with Crippen molar-refractivity contribution in [1.29, 1.82) is 0 Å². The zero-order valence-electron chi connectivity index (χ0n) is 8.70. The molecule has 0 N–H and O–H groups in total. The summed E-state index contributed by atoms with van der Waals surface area (Å²) in [5.41, 5.74) is 0.574. The summed E-state index contributed by atoms with van der Waals surface area (Å²) in [6.45, 7) is 2.21. The second kappa shape index (κ2) is 6.07. The molecule has 1 atom stereocenters. The van der Waals surface area contributed by atoms with Gasteiger partial charge in [-0.3, -0.25) is 0 Å². The first-order valence-corrected chi connectivity index (χ1v) is 5.67. The average molecular weight is 320 g/mol. The molecule has 0 aromatic heterocycles. The third-order valence-corrected chi connectivity index (χ3v) is 2.44. The Morgan fingerprint density at radius 3 is 2.87 bits per heavy atom. The number of rotatable bonds is 4. The van der Waals surface area contributed by atoms with Crippen LogP contribution in [-0.4, -0.2) is 25.8 Å². The first kappa shape index (κ1) is 12.4. The molecule has 0 heterocycles. The van der Waals surface area contributed by atoms with Gasteiger partial charge in [0.15, 0.2) is 0 Å². The van der Waals surface area contributed by atoms with Crippen LogP contribution in [0, 0.1) is 3.57 Å². The molecule has 1 rings (SSSR count). The van der Waals surface area contributed by atoms with Crippen molar-refractivity contribution in [1.82, 2.24) is 0 Å². The van der Waals surface area contributed by atoms with E-state index in [0.717, 1.165) is 3.57 Å². The summed E-state index contributed by atoms with van der Waals surface area (Å²) in [6.07, 6.45) is -0.222. The SMILES string of the molecule is COCC(C)OC(=O)c1cccc(I)c1. The molecule has 0 saturated heterocycles. The number of carbonyl (C=O) groups is 1. The molecular formula is C11H13IO3. The van der Waals surface area contributed by atoms with Crippen molar-refractivity contribution < 1.29 is 14.3 Å². The lowest BCUT2D eigenvalue weighted by molar-refractivity contribution is 0.0120. The number of esters is 1. The monoisotopic (exact) mass is 320 g/mol. The first-order chi connectivity index (χ1) is 7.13. The topological polar surface area (TPSA) is 35.5 Å². The van der Waals surface area contributed by atoms with Gasteiger partial charge in [0.25, 0.3) is 0 Å². The minimum Gasteiger partial charge on any atom is -0.457 e. The van der Waals surface area contributed by atoms with Gasteiger partial charge in [-0.25, -0.2) is 4.79 Å². The van der Waals surface area contributed by atoms with E-state index in [1.807, 2.05) is 12.1 Å². The molecule has 4 heteroatoms. The van der Waals surface area contributed by atoms with Gasteiger partial charge in [0, 0.05) is 10.7 Å². The summed E-state index contributed by atoms with van der Waals surface area (Å²) in [4.78, 5) is 11.6. The van der Waals surface area contributed by atoms with E-state index in [-0.39, 0.29) is 12.1 Å². The molecule has 0 spiro atoms. The van der Waals surface area contributed by atoms with E-state index in [4.69, 9.17) is 9.47 Å². The fraction of sp³-hybridized carbons (Fsp3) is 0.364. The average Bonchev–Trinajstić information content (AvgIpc) is 2.18. The van der Waals surface area contributed by atoms with Crippen LogP contribution >= 0.6 is 22.6 Å². The second-order valence-electron chi connectivity index (χ2n) is 3.18. The molecule has 82 valence electrons. The molecular weight excluding hydrogens is 307 g/mol. The molecule has 3 nitrogen and oxygen atoms in total. The highest BCUT2D eigenvalue weighted by Gasteiger charge is 2.11. The predicted octanol–water partition coefficient (Wildman–Crippen LogP) is 2.48. The Balaban J connectivity index is 2.61. The lowest BCUT2D eigenvalue weighted by atomic mass is 10.2. The number of hydrogen-bond acceptors (Lipinski definition) is 3. The van der Waals surface area contributed by atoms with Gasteiger partial charge in [-0.05, 0) is 47.7 Å². The quantitative estimate of drug-likeness (QED) is 0.632. The van der Waals surface area contributed by atoms with Gasteiger partial charge in [0.1, 0.15) is 6.10 Å². The Hall–Kier alpha value is -0.620. The van der Waals surface area contributed by atoms with Crippen LogP contribution < -0.4 is 0 Å². The molecule has 1 aromatic carbocycles. The van der Waals surface area contributed by atoms with Crippen molar-refractivity contribution in [3.63, 3.8) is 0 Å². The van der Waals surface area contributed by atoms with Gasteiger partial charge in [-0.1, -0.05) is 6.07 Å². The number of ether oxygens (including phenoxy) is 2. The Labute approximate surface area is 103 Å². The number of benzene rings is 1. The number of hydrogen-bond donors (Lipinski definition) is 0. The molecule has 0 aliphatic heterocycles. The van der Waals surface area contributed by atoms with Gasteiger partial charge in [0.2, 0.25) is 0 Å². The van der Waals surface area contributed by atoms with Crippen molar-refractivity contribution in [2.45, 2.75) is 13.0 Å². The van der Waals surface area contributed by atoms with Crippen LogP contribution in [0.5, 0.6) is 0 Å². The van der Waals surface area contributed by atoms with Crippen molar-refractivity contribution >= 4 is 28.6 Å². The molecule has 0 radical (unpaired) electrons. The van der Waals surface area contributed by atoms with Crippen LogP contribution in [0.25, 0.3) is 0 Å². The number of carbonyl (C=O) groups excluding carboxylic acids is 1. The third-order valence-electron chi connectivity index (χ3n) is 1.77. The Morgan fingerprint density at radius 1 is 1.53 bits per heavy atom. The minimum atomic E-state index is -0.307. The maximum absolute atomic E-state index is 11.6. The standard InChI is InChI=1S/C11H13IO3/c1-8(7-14-2)15-11(13)9-4-3-5-10(12)6-9/h3-6,8H,7H2,1-2H3. The Morgan fingerprint density at radius 2 is 2.27 bits per heavy atom. The zero-order chi connectivity index (χ0) is 11.3. The highest BCUT2D eigenvalue weighted by atomic mass is 127. The van der Waals surface area contributed by atoms with Gasteiger partial charge in [0.05, 0.1) is 12.2 Å². The molecule has 0 bridgehead atoms. The van der Waals surface area contributed by atoms with Crippen molar-refractivity contribution in [3.8, 4) is 0 Å². The molecule has 0 saturated carbocycles. The summed E-state index contributed by atoms with van der Waals surface area (Å²) in [6, 6.07) is 7.29. The fourth-order valence-corrected chi connectivity index (χ4v) is 1.68. The van der Waals surface area contributed by atoms with Crippen molar-refractivity contribution in [2.75, 3.05) is 13.7 Å². The largest absolute Gasteiger partial charge is 0.457 e. The molecule has 1 aromatic rings. The molecule has 0 aliphatic rings. The van der Waals surface area contributed by atoms with Crippen molar-refractivity contribution in [3.05, 3.63) is 33.4 Å². The number of halogens is 1. The summed E-state index contributed by atoms with van der Waals surface area (Å²) in [5, 5.41) is 0. The molecule has 0 fully saturated rings. The Bertz CT molecular complexity index is 338. The van der Waals surface area contributed by atoms with Crippen LogP contribution in [0.15, 0.2) is 24.3 Å². The molecule has 15 heavy (non-hydrogen) atoms. The zero-order valence-corrected chi connectivity index (χ0v) is 10.9. The van der Waals surface area contributed by atoms with Crippen LogP contribution in [0.2, 0.25) is 0 Å². The van der Waals surface area contributed by atoms with E-state index in [9.17, 15) is 4.79 Å². The highest BCUT2D eigenvalue weighted by molar-refractivity contribution is 14.1. The lowest BCUT2D eigenvalue weighted by Gasteiger charge is -2.11. The van der Waals surface area contributed by atoms with Crippen molar-refractivity contribution in [2.24, 2.45) is 0 Å². The summed E-state index contributed by atoms with van der Waals surface area (Å²) in [5.74, 6) is -0.307. The second-order valence-corrected chi connectivity index (χ2v) is 4.43. The van der Waals surface area contributed by atoms with Gasteiger partial charge < -0.3 is 9.47 Å². The fourth-order valence-electron chi connectivity index (χ4n) is 1.13. The minimum absolute atomic E-state index is 0.222. The summed E-state index contributed by atoms with van der Waals surface area (Å²) >= 11 is 2.16. The summed E-state index contributed by atoms with van der Waals surface area (Å²) in [7, 11) is 1.58.